The molecule has 0 bridgehead atoms. The van der Waals surface area contributed by atoms with Gasteiger partial charge in [-0.15, -0.1) is 0 Å². The summed E-state index contributed by atoms with van der Waals surface area (Å²) in [5.41, 5.74) is 1.81. The molecule has 0 radical (unpaired) electrons. The summed E-state index contributed by atoms with van der Waals surface area (Å²) in [5, 5.41) is 34.3. The second-order valence-corrected chi connectivity index (χ2v) is 7.31. The Kier molecular flexibility index (Phi) is 6.35. The molecule has 0 saturated heterocycles. The van der Waals surface area contributed by atoms with E-state index in [0.29, 0.717) is 11.3 Å². The molecule has 0 aliphatic carbocycles. The molecule has 9 heteroatoms. The fourth-order valence-electron chi connectivity index (χ4n) is 3.41. The summed E-state index contributed by atoms with van der Waals surface area (Å²) in [6.45, 7) is 0. The molecule has 1 aromatic heterocycles. The van der Waals surface area contributed by atoms with Crippen LogP contribution in [0.1, 0.15) is 27.7 Å². The normalized spacial score (nSPS) is 10.6. The van der Waals surface area contributed by atoms with Crippen molar-refractivity contribution in [2.45, 2.75) is 6.04 Å². The van der Waals surface area contributed by atoms with Crippen LogP contribution in [-0.2, 0) is 0 Å². The number of aromatic carboxylic acids is 1. The van der Waals surface area contributed by atoms with E-state index < -0.39 is 29.3 Å². The van der Waals surface area contributed by atoms with E-state index in [1.165, 1.54) is 6.07 Å². The van der Waals surface area contributed by atoms with Crippen molar-refractivity contribution in [3.05, 3.63) is 102 Å². The summed E-state index contributed by atoms with van der Waals surface area (Å²) in [5.74, 6) is -3.41. The minimum atomic E-state index is -1.52. The Hall–Kier alpha value is -4.92. The third kappa shape index (κ3) is 4.94. The molecule has 0 saturated carbocycles. The Labute approximate surface area is 194 Å². The molecule has 0 unspecified atom stereocenters. The highest BCUT2D eigenvalue weighted by molar-refractivity contribution is 5.91. The Balaban J connectivity index is 1.57. The van der Waals surface area contributed by atoms with Gasteiger partial charge in [0.25, 0.3) is 5.88 Å². The number of aromatic hydroxyl groups is 2. The maximum Gasteiger partial charge on any atom is 0.358 e. The van der Waals surface area contributed by atoms with E-state index in [9.17, 15) is 24.9 Å². The summed E-state index contributed by atoms with van der Waals surface area (Å²) < 4.78 is 0. The van der Waals surface area contributed by atoms with Crippen LogP contribution in [0.4, 0.5) is 10.5 Å². The van der Waals surface area contributed by atoms with Crippen molar-refractivity contribution in [2.75, 3.05) is 5.32 Å². The van der Waals surface area contributed by atoms with Crippen LogP contribution >= 0.6 is 0 Å². The van der Waals surface area contributed by atoms with Gasteiger partial charge in [0.15, 0.2) is 11.5 Å². The molecule has 4 rings (SSSR count). The number of carbonyl (C=O) groups is 2. The molecule has 34 heavy (non-hydrogen) atoms. The van der Waals surface area contributed by atoms with Gasteiger partial charge in [0.05, 0.1) is 6.04 Å². The molecule has 0 aliphatic rings. The topological polar surface area (TPSA) is 145 Å². The standard InChI is InChI=1S/C25H20N4O5/c30-21-20(24(32)33)27-22(29-23(21)31)17-12-7-13-18(14-17)26-25(34)28-19(15-8-3-1-4-9-15)16-10-5-2-6-11-16/h1-14,19,30H,(H,32,33)(H2,26,28,34)(H,27,29,31). The number of hydrogen-bond donors (Lipinski definition) is 5. The number of nitrogens with zero attached hydrogens (tertiary/aromatic N) is 2. The summed E-state index contributed by atoms with van der Waals surface area (Å²) in [6, 6.07) is 24.6. The molecule has 170 valence electrons. The van der Waals surface area contributed by atoms with Gasteiger partial charge in [0.1, 0.15) is 0 Å². The maximum absolute atomic E-state index is 12.9. The Morgan fingerprint density at radius 2 is 1.41 bits per heavy atom. The fourth-order valence-corrected chi connectivity index (χ4v) is 3.41. The lowest BCUT2D eigenvalue weighted by atomic mass is 9.99. The van der Waals surface area contributed by atoms with Gasteiger partial charge in [0.2, 0.25) is 5.75 Å². The van der Waals surface area contributed by atoms with Gasteiger partial charge >= 0.3 is 12.0 Å². The molecule has 2 amide bonds. The molecule has 4 aromatic rings. The van der Waals surface area contributed by atoms with Crippen LogP contribution in [0.25, 0.3) is 11.4 Å². The van der Waals surface area contributed by atoms with E-state index in [-0.39, 0.29) is 11.9 Å². The van der Waals surface area contributed by atoms with Crippen molar-refractivity contribution in [1.82, 2.24) is 15.3 Å². The lowest BCUT2D eigenvalue weighted by molar-refractivity contribution is 0.0685. The summed E-state index contributed by atoms with van der Waals surface area (Å²) in [6.07, 6.45) is 0. The number of amides is 2. The van der Waals surface area contributed by atoms with E-state index in [0.717, 1.165) is 11.1 Å². The van der Waals surface area contributed by atoms with E-state index in [2.05, 4.69) is 20.6 Å². The van der Waals surface area contributed by atoms with Gasteiger partial charge in [-0.1, -0.05) is 72.8 Å². The molecular formula is C25H20N4O5. The first-order valence-corrected chi connectivity index (χ1v) is 10.2. The van der Waals surface area contributed by atoms with Gasteiger partial charge in [-0.25, -0.2) is 14.6 Å². The smallest absolute Gasteiger partial charge is 0.358 e. The predicted molar refractivity (Wildman–Crippen MR) is 125 cm³/mol. The highest BCUT2D eigenvalue weighted by atomic mass is 16.4. The Bertz CT molecular complexity index is 1290. The van der Waals surface area contributed by atoms with Crippen molar-refractivity contribution in [2.24, 2.45) is 0 Å². The zero-order valence-electron chi connectivity index (χ0n) is 17.7. The number of aromatic nitrogens is 2. The zero-order chi connectivity index (χ0) is 24.1. The van der Waals surface area contributed by atoms with Crippen LogP contribution < -0.4 is 10.6 Å². The predicted octanol–water partition coefficient (Wildman–Crippen LogP) is 4.16. The first-order chi connectivity index (χ1) is 16.4. The largest absolute Gasteiger partial charge is 0.501 e. The first-order valence-electron chi connectivity index (χ1n) is 10.2. The van der Waals surface area contributed by atoms with Crippen LogP contribution in [0.5, 0.6) is 11.6 Å². The molecule has 3 aromatic carbocycles. The monoisotopic (exact) mass is 456 g/mol. The van der Waals surface area contributed by atoms with Crippen molar-refractivity contribution < 1.29 is 24.9 Å². The number of rotatable bonds is 6. The molecule has 0 fully saturated rings. The van der Waals surface area contributed by atoms with E-state index in [1.807, 2.05) is 60.7 Å². The van der Waals surface area contributed by atoms with Crippen molar-refractivity contribution in [1.29, 1.82) is 0 Å². The van der Waals surface area contributed by atoms with Crippen LogP contribution in [0.15, 0.2) is 84.9 Å². The van der Waals surface area contributed by atoms with Crippen molar-refractivity contribution >= 4 is 17.7 Å². The van der Waals surface area contributed by atoms with Gasteiger partial charge in [-0.2, -0.15) is 4.98 Å². The molecule has 0 aliphatic heterocycles. The minimum absolute atomic E-state index is 0.122. The molecule has 1 heterocycles. The van der Waals surface area contributed by atoms with Gasteiger partial charge in [-0.3, -0.25) is 0 Å². The average Bonchev–Trinajstić information content (AvgIpc) is 2.85. The quantitative estimate of drug-likeness (QED) is 0.293. The third-order valence-corrected chi connectivity index (χ3v) is 4.99. The van der Waals surface area contributed by atoms with Crippen LogP contribution in [-0.4, -0.2) is 37.3 Å². The molecule has 5 N–H and O–H groups in total. The minimum Gasteiger partial charge on any atom is -0.501 e. The number of nitrogens with one attached hydrogen (secondary N) is 2. The highest BCUT2D eigenvalue weighted by Gasteiger charge is 2.20. The number of benzene rings is 3. The van der Waals surface area contributed by atoms with Gasteiger partial charge in [0, 0.05) is 11.3 Å². The number of urea groups is 1. The lowest BCUT2D eigenvalue weighted by Gasteiger charge is -2.20. The number of carbonyl (C=O) groups excluding carboxylic acids is 1. The summed E-state index contributed by atoms with van der Waals surface area (Å²) >= 11 is 0. The fraction of sp³-hybridized carbons (Fsp3) is 0.0400. The Morgan fingerprint density at radius 1 is 0.794 bits per heavy atom. The van der Waals surface area contributed by atoms with Crippen LogP contribution in [0.2, 0.25) is 0 Å². The number of carboxylic acid groups (broad SMARTS) is 1. The molecule has 9 nitrogen and oxygen atoms in total. The number of carboxylic acids is 1. The second kappa shape index (κ2) is 9.70. The number of anilines is 1. The van der Waals surface area contributed by atoms with E-state index >= 15 is 0 Å². The first kappa shape index (κ1) is 22.3. The van der Waals surface area contributed by atoms with Crippen molar-refractivity contribution in [3.63, 3.8) is 0 Å². The zero-order valence-corrected chi connectivity index (χ0v) is 17.7. The van der Waals surface area contributed by atoms with Crippen molar-refractivity contribution in [3.8, 4) is 23.0 Å². The number of hydrogen-bond acceptors (Lipinski definition) is 6. The van der Waals surface area contributed by atoms with Crippen LogP contribution in [0.3, 0.4) is 0 Å². The van der Waals surface area contributed by atoms with Gasteiger partial charge in [-0.05, 0) is 23.3 Å². The molecule has 0 spiro atoms. The average molecular weight is 456 g/mol. The van der Waals surface area contributed by atoms with E-state index in [4.69, 9.17) is 0 Å². The summed E-state index contributed by atoms with van der Waals surface area (Å²) in [4.78, 5) is 31.7. The maximum atomic E-state index is 12.9. The van der Waals surface area contributed by atoms with E-state index in [1.54, 1.807) is 18.2 Å². The second-order valence-electron chi connectivity index (χ2n) is 7.31. The molecular weight excluding hydrogens is 436 g/mol. The summed E-state index contributed by atoms with van der Waals surface area (Å²) in [7, 11) is 0. The van der Waals surface area contributed by atoms with Crippen LogP contribution in [0, 0.1) is 0 Å². The third-order valence-electron chi connectivity index (χ3n) is 4.99. The Morgan fingerprint density at radius 3 is 2.00 bits per heavy atom. The highest BCUT2D eigenvalue weighted by Crippen LogP contribution is 2.29. The molecule has 0 atom stereocenters. The lowest BCUT2D eigenvalue weighted by Crippen LogP contribution is -2.33. The van der Waals surface area contributed by atoms with Gasteiger partial charge < -0.3 is 26.0 Å². The SMILES string of the molecule is O=C(Nc1cccc(-c2nc(O)c(O)c(C(=O)O)n2)c1)NC(c1ccccc1)c1ccccc1.